The molecule has 4 nitrogen and oxygen atoms in total. The first kappa shape index (κ1) is 12.9. The normalized spacial score (nSPS) is 10.3. The third kappa shape index (κ3) is 4.46. The lowest BCUT2D eigenvalue weighted by Gasteiger charge is -2.05. The molecule has 17 heavy (non-hydrogen) atoms. The molecule has 1 aromatic carbocycles. The molecule has 1 amide bonds. The Morgan fingerprint density at radius 3 is 2.59 bits per heavy atom. The highest BCUT2D eigenvalue weighted by Gasteiger charge is 2.03. The Bertz CT molecular complexity index is 455. The number of hydrogen-bond acceptors (Lipinski definition) is 3. The monoisotopic (exact) mass is 237 g/mol. The van der Waals surface area contributed by atoms with Crippen LogP contribution in [0.3, 0.4) is 0 Å². The Morgan fingerprint density at radius 2 is 2.00 bits per heavy atom. The molecule has 0 aliphatic rings. The van der Waals surface area contributed by atoms with Crippen LogP contribution in [-0.4, -0.2) is 30.9 Å². The van der Waals surface area contributed by atoms with Gasteiger partial charge < -0.3 is 9.64 Å². The first-order valence-corrected chi connectivity index (χ1v) is 4.86. The highest BCUT2D eigenvalue weighted by atomic mass is 19.1. The summed E-state index contributed by atoms with van der Waals surface area (Å²) >= 11 is 0. The molecule has 0 heterocycles. The van der Waals surface area contributed by atoms with Gasteiger partial charge in [0.2, 0.25) is 5.91 Å². The van der Waals surface area contributed by atoms with Crippen molar-refractivity contribution in [1.29, 1.82) is 0 Å². The van der Waals surface area contributed by atoms with E-state index in [0.717, 1.165) is 18.2 Å². The van der Waals surface area contributed by atoms with Crippen LogP contribution in [0.25, 0.3) is 0 Å². The molecule has 1 rings (SSSR count). The van der Waals surface area contributed by atoms with Crippen LogP contribution in [0.15, 0.2) is 36.4 Å². The zero-order valence-electron chi connectivity index (χ0n) is 9.51. The molecule has 90 valence electrons. The van der Waals surface area contributed by atoms with Gasteiger partial charge in [-0.3, -0.25) is 4.79 Å². The van der Waals surface area contributed by atoms with Crippen LogP contribution in [0.5, 0.6) is 5.75 Å². The summed E-state index contributed by atoms with van der Waals surface area (Å²) in [7, 11) is 3.12. The Balaban J connectivity index is 2.59. The van der Waals surface area contributed by atoms with Gasteiger partial charge in [-0.2, -0.15) is 0 Å². The minimum atomic E-state index is -0.731. The van der Waals surface area contributed by atoms with Crippen molar-refractivity contribution in [2.75, 3.05) is 14.1 Å². The zero-order valence-corrected chi connectivity index (χ0v) is 9.51. The third-order valence-corrected chi connectivity index (χ3v) is 1.82. The lowest BCUT2D eigenvalue weighted by molar-refractivity contribution is -0.129. The molecule has 0 spiro atoms. The summed E-state index contributed by atoms with van der Waals surface area (Å²) in [6.45, 7) is 0. The van der Waals surface area contributed by atoms with Gasteiger partial charge in [-0.1, -0.05) is 6.07 Å². The lowest BCUT2D eigenvalue weighted by atomic mass is 10.3. The molecule has 0 N–H and O–H groups in total. The van der Waals surface area contributed by atoms with Gasteiger partial charge in [-0.25, -0.2) is 9.18 Å². The molecule has 0 aliphatic heterocycles. The number of carbonyl (C=O) groups excluding carboxylic acids is 2. The molecule has 0 fully saturated rings. The summed E-state index contributed by atoms with van der Waals surface area (Å²) in [6, 6.07) is 5.19. The Kier molecular flexibility index (Phi) is 4.39. The van der Waals surface area contributed by atoms with Gasteiger partial charge in [0.15, 0.2) is 0 Å². The SMILES string of the molecule is CN(C)C(=O)/C=C/C(=O)Oc1cccc(F)c1. The predicted molar refractivity (Wildman–Crippen MR) is 59.9 cm³/mol. The molecule has 0 saturated carbocycles. The highest BCUT2D eigenvalue weighted by molar-refractivity contribution is 5.94. The molecule has 5 heteroatoms. The van der Waals surface area contributed by atoms with Gasteiger partial charge >= 0.3 is 5.97 Å². The van der Waals surface area contributed by atoms with Gasteiger partial charge in [0.25, 0.3) is 0 Å². The molecule has 0 radical (unpaired) electrons. The van der Waals surface area contributed by atoms with Gasteiger partial charge in [-0.05, 0) is 12.1 Å². The van der Waals surface area contributed by atoms with E-state index in [2.05, 4.69) is 0 Å². The largest absolute Gasteiger partial charge is 0.423 e. The minimum Gasteiger partial charge on any atom is -0.423 e. The van der Waals surface area contributed by atoms with Crippen LogP contribution in [0.1, 0.15) is 0 Å². The predicted octanol–water partition coefficient (Wildman–Crippen LogP) is 1.38. The summed E-state index contributed by atoms with van der Waals surface area (Å²) in [5.74, 6) is -1.47. The van der Waals surface area contributed by atoms with Gasteiger partial charge in [-0.15, -0.1) is 0 Å². The van der Waals surface area contributed by atoms with Crippen LogP contribution in [0.2, 0.25) is 0 Å². The first-order chi connectivity index (χ1) is 7.99. The molecule has 0 aliphatic carbocycles. The third-order valence-electron chi connectivity index (χ3n) is 1.82. The topological polar surface area (TPSA) is 46.6 Å². The Morgan fingerprint density at radius 1 is 1.29 bits per heavy atom. The van der Waals surface area contributed by atoms with E-state index >= 15 is 0 Å². The number of likely N-dealkylation sites (N-methyl/N-ethyl adjacent to an activating group) is 1. The molecule has 0 atom stereocenters. The maximum Gasteiger partial charge on any atom is 0.336 e. The molecule has 0 unspecified atom stereocenters. The van der Waals surface area contributed by atoms with Gasteiger partial charge in [0.05, 0.1) is 0 Å². The fourth-order valence-corrected chi connectivity index (χ4v) is 0.969. The average molecular weight is 237 g/mol. The van der Waals surface area contributed by atoms with Crippen molar-refractivity contribution in [3.05, 3.63) is 42.2 Å². The van der Waals surface area contributed by atoms with E-state index in [0.29, 0.717) is 0 Å². The van der Waals surface area contributed by atoms with Crippen LogP contribution in [0.4, 0.5) is 4.39 Å². The lowest BCUT2D eigenvalue weighted by Crippen LogP contribution is -2.19. The van der Waals surface area contributed by atoms with Crippen LogP contribution in [-0.2, 0) is 9.59 Å². The molecule has 0 saturated heterocycles. The number of benzene rings is 1. The summed E-state index contributed by atoms with van der Waals surface area (Å²) in [5.41, 5.74) is 0. The maximum absolute atomic E-state index is 12.8. The van der Waals surface area contributed by atoms with E-state index in [-0.39, 0.29) is 11.7 Å². The van der Waals surface area contributed by atoms with Crippen molar-refractivity contribution in [2.24, 2.45) is 0 Å². The van der Waals surface area contributed by atoms with E-state index in [9.17, 15) is 14.0 Å². The first-order valence-electron chi connectivity index (χ1n) is 4.86. The second kappa shape index (κ2) is 5.79. The van der Waals surface area contributed by atoms with Crippen LogP contribution < -0.4 is 4.74 Å². The Labute approximate surface area is 98.3 Å². The van der Waals surface area contributed by atoms with Crippen molar-refractivity contribution < 1.29 is 18.7 Å². The van der Waals surface area contributed by atoms with E-state index < -0.39 is 11.8 Å². The number of rotatable bonds is 3. The number of nitrogens with zero attached hydrogens (tertiary/aromatic N) is 1. The highest BCUT2D eigenvalue weighted by Crippen LogP contribution is 2.12. The van der Waals surface area contributed by atoms with E-state index in [1.807, 2.05) is 0 Å². The standard InChI is InChI=1S/C12H12FNO3/c1-14(2)11(15)6-7-12(16)17-10-5-3-4-9(13)8-10/h3-8H,1-2H3/b7-6+. The molecule has 0 bridgehead atoms. The number of carbonyl (C=O) groups is 2. The van der Waals surface area contributed by atoms with Crippen LogP contribution >= 0.6 is 0 Å². The Hall–Kier alpha value is -2.17. The van der Waals surface area contributed by atoms with Crippen LogP contribution in [0, 0.1) is 5.82 Å². The van der Waals surface area contributed by atoms with E-state index in [1.165, 1.54) is 23.1 Å². The van der Waals surface area contributed by atoms with E-state index in [4.69, 9.17) is 4.74 Å². The summed E-state index contributed by atoms with van der Waals surface area (Å²) in [4.78, 5) is 23.7. The summed E-state index contributed by atoms with van der Waals surface area (Å²) in [5, 5.41) is 0. The van der Waals surface area contributed by atoms with Crippen molar-refractivity contribution in [1.82, 2.24) is 4.90 Å². The number of ether oxygens (including phenoxy) is 1. The van der Waals surface area contributed by atoms with Crippen molar-refractivity contribution in [2.45, 2.75) is 0 Å². The quantitative estimate of drug-likeness (QED) is 0.453. The molecule has 1 aromatic rings. The van der Waals surface area contributed by atoms with Crippen molar-refractivity contribution in [3.63, 3.8) is 0 Å². The molecule has 0 aromatic heterocycles. The smallest absolute Gasteiger partial charge is 0.336 e. The average Bonchev–Trinajstić information content (AvgIpc) is 2.25. The van der Waals surface area contributed by atoms with Gasteiger partial charge in [0.1, 0.15) is 11.6 Å². The second-order valence-corrected chi connectivity index (χ2v) is 3.44. The minimum absolute atomic E-state index is 0.0944. The van der Waals surface area contributed by atoms with E-state index in [1.54, 1.807) is 14.1 Å². The number of esters is 1. The fraction of sp³-hybridized carbons (Fsp3) is 0.167. The fourth-order valence-electron chi connectivity index (χ4n) is 0.969. The van der Waals surface area contributed by atoms with Crippen molar-refractivity contribution in [3.8, 4) is 5.75 Å². The molecular formula is C12H12FNO3. The second-order valence-electron chi connectivity index (χ2n) is 3.44. The number of amides is 1. The number of halogens is 1. The maximum atomic E-state index is 12.8. The molecular weight excluding hydrogens is 225 g/mol. The summed E-state index contributed by atoms with van der Waals surface area (Å²) < 4.78 is 17.6. The zero-order chi connectivity index (χ0) is 12.8. The number of hydrogen-bond donors (Lipinski definition) is 0. The van der Waals surface area contributed by atoms with Crippen molar-refractivity contribution >= 4 is 11.9 Å². The summed E-state index contributed by atoms with van der Waals surface area (Å²) in [6.07, 6.45) is 2.08. The van der Waals surface area contributed by atoms with Gasteiger partial charge in [0, 0.05) is 32.3 Å².